The first-order valence-electron chi connectivity index (χ1n) is 6.97. The van der Waals surface area contributed by atoms with Gasteiger partial charge in [0.05, 0.1) is 5.41 Å². The fourth-order valence-electron chi connectivity index (χ4n) is 3.66. The Labute approximate surface area is 104 Å². The Morgan fingerprint density at radius 3 is 2.65 bits per heavy atom. The number of aliphatic carboxylic acids is 1. The van der Waals surface area contributed by atoms with E-state index in [1.807, 2.05) is 0 Å². The van der Waals surface area contributed by atoms with Crippen molar-refractivity contribution in [3.8, 4) is 0 Å². The molecular weight excluding hydrogens is 214 g/mol. The van der Waals surface area contributed by atoms with Gasteiger partial charge < -0.3 is 10.0 Å². The van der Waals surface area contributed by atoms with E-state index in [1.54, 1.807) is 0 Å². The molecule has 0 amide bonds. The van der Waals surface area contributed by atoms with Gasteiger partial charge in [0.25, 0.3) is 0 Å². The van der Waals surface area contributed by atoms with Crippen LogP contribution in [-0.4, -0.2) is 35.6 Å². The molecule has 0 spiro atoms. The fourth-order valence-corrected chi connectivity index (χ4v) is 3.66. The van der Waals surface area contributed by atoms with E-state index in [2.05, 4.69) is 18.7 Å². The molecular formula is C14H25NO2. The zero-order valence-corrected chi connectivity index (χ0v) is 11.1. The molecule has 3 heteroatoms. The number of carbonyl (C=O) groups is 1. The lowest BCUT2D eigenvalue weighted by molar-refractivity contribution is -0.153. The van der Waals surface area contributed by atoms with E-state index in [0.29, 0.717) is 5.92 Å². The average molecular weight is 239 g/mol. The highest BCUT2D eigenvalue weighted by atomic mass is 16.4. The lowest BCUT2D eigenvalue weighted by Gasteiger charge is -2.39. The van der Waals surface area contributed by atoms with Gasteiger partial charge in [0.15, 0.2) is 0 Å². The summed E-state index contributed by atoms with van der Waals surface area (Å²) in [6.07, 6.45) is 5.25. The molecule has 1 heterocycles. The molecule has 0 aromatic carbocycles. The molecule has 2 rings (SSSR count). The third kappa shape index (κ3) is 2.82. The van der Waals surface area contributed by atoms with E-state index >= 15 is 0 Å². The van der Waals surface area contributed by atoms with Crippen LogP contribution in [0.15, 0.2) is 0 Å². The Kier molecular flexibility index (Phi) is 3.76. The van der Waals surface area contributed by atoms with Gasteiger partial charge in [-0.15, -0.1) is 0 Å². The summed E-state index contributed by atoms with van der Waals surface area (Å²) >= 11 is 0. The molecule has 1 aliphatic heterocycles. The lowest BCUT2D eigenvalue weighted by Crippen LogP contribution is -2.45. The van der Waals surface area contributed by atoms with E-state index in [0.717, 1.165) is 44.8 Å². The number of hydrogen-bond donors (Lipinski definition) is 1. The maximum absolute atomic E-state index is 11.7. The number of likely N-dealkylation sites (tertiary alicyclic amines) is 1. The highest BCUT2D eigenvalue weighted by molar-refractivity contribution is 5.75. The highest BCUT2D eigenvalue weighted by Gasteiger charge is 2.43. The Morgan fingerprint density at radius 1 is 1.35 bits per heavy atom. The van der Waals surface area contributed by atoms with Crippen LogP contribution in [0.1, 0.15) is 46.0 Å². The van der Waals surface area contributed by atoms with Crippen molar-refractivity contribution in [3.05, 3.63) is 0 Å². The molecule has 1 N–H and O–H groups in total. The minimum Gasteiger partial charge on any atom is -0.481 e. The molecule has 1 aliphatic carbocycles. The van der Waals surface area contributed by atoms with Gasteiger partial charge in [-0.2, -0.15) is 0 Å². The molecule has 0 aromatic rings. The van der Waals surface area contributed by atoms with E-state index in [4.69, 9.17) is 0 Å². The van der Waals surface area contributed by atoms with E-state index in [1.165, 1.54) is 12.8 Å². The normalized spacial score (nSPS) is 39.4. The van der Waals surface area contributed by atoms with Crippen LogP contribution in [0.4, 0.5) is 0 Å². The van der Waals surface area contributed by atoms with Crippen LogP contribution in [0.2, 0.25) is 0 Å². The summed E-state index contributed by atoms with van der Waals surface area (Å²) in [7, 11) is 0. The largest absolute Gasteiger partial charge is 0.481 e. The van der Waals surface area contributed by atoms with Gasteiger partial charge in [-0.1, -0.05) is 26.7 Å². The predicted octanol–water partition coefficient (Wildman–Crippen LogP) is 2.61. The minimum absolute atomic E-state index is 0.457. The summed E-state index contributed by atoms with van der Waals surface area (Å²) in [5.41, 5.74) is -0.457. The Bertz CT molecular complexity index is 292. The topological polar surface area (TPSA) is 40.5 Å². The van der Waals surface area contributed by atoms with Crippen LogP contribution in [0, 0.1) is 17.3 Å². The van der Waals surface area contributed by atoms with Crippen molar-refractivity contribution in [2.24, 2.45) is 17.3 Å². The second-order valence-electron chi connectivity index (χ2n) is 6.42. The van der Waals surface area contributed by atoms with Crippen LogP contribution in [0.3, 0.4) is 0 Å². The molecule has 98 valence electrons. The standard InChI is InChI=1S/C14H25NO2/c1-11-4-3-6-14(8-11,13(16)17)10-15-7-5-12(2)9-15/h11-12H,3-10H2,1-2H3,(H,16,17). The monoisotopic (exact) mass is 239 g/mol. The molecule has 0 aromatic heterocycles. The first-order chi connectivity index (χ1) is 8.02. The zero-order chi connectivity index (χ0) is 12.5. The van der Waals surface area contributed by atoms with E-state index in [-0.39, 0.29) is 0 Å². The number of carboxylic acids is 1. The van der Waals surface area contributed by atoms with Crippen LogP contribution in [-0.2, 0) is 4.79 Å². The van der Waals surface area contributed by atoms with E-state index in [9.17, 15) is 9.90 Å². The van der Waals surface area contributed by atoms with Crippen LogP contribution >= 0.6 is 0 Å². The average Bonchev–Trinajstić information content (AvgIpc) is 2.63. The Balaban J connectivity index is 2.03. The van der Waals surface area contributed by atoms with Gasteiger partial charge in [-0.05, 0) is 37.6 Å². The van der Waals surface area contributed by atoms with Crippen molar-refractivity contribution in [2.75, 3.05) is 19.6 Å². The Hall–Kier alpha value is -0.570. The molecule has 0 radical (unpaired) electrons. The molecule has 17 heavy (non-hydrogen) atoms. The van der Waals surface area contributed by atoms with E-state index < -0.39 is 11.4 Å². The van der Waals surface area contributed by atoms with Crippen molar-refractivity contribution in [1.29, 1.82) is 0 Å². The van der Waals surface area contributed by atoms with Gasteiger partial charge >= 0.3 is 5.97 Å². The molecule has 3 atom stereocenters. The van der Waals surface area contributed by atoms with Gasteiger partial charge in [-0.3, -0.25) is 4.79 Å². The molecule has 0 bridgehead atoms. The molecule has 3 nitrogen and oxygen atoms in total. The number of rotatable bonds is 3. The third-order valence-corrected chi connectivity index (χ3v) is 4.58. The third-order valence-electron chi connectivity index (χ3n) is 4.58. The van der Waals surface area contributed by atoms with Gasteiger partial charge in [0, 0.05) is 13.1 Å². The number of nitrogens with zero attached hydrogens (tertiary/aromatic N) is 1. The van der Waals surface area contributed by atoms with Crippen molar-refractivity contribution < 1.29 is 9.90 Å². The van der Waals surface area contributed by atoms with Crippen molar-refractivity contribution in [3.63, 3.8) is 0 Å². The summed E-state index contributed by atoms with van der Waals surface area (Å²) < 4.78 is 0. The summed E-state index contributed by atoms with van der Waals surface area (Å²) in [5, 5.41) is 9.61. The summed E-state index contributed by atoms with van der Waals surface area (Å²) in [4.78, 5) is 14.0. The summed E-state index contributed by atoms with van der Waals surface area (Å²) in [5.74, 6) is 0.741. The Morgan fingerprint density at radius 2 is 2.12 bits per heavy atom. The molecule has 2 aliphatic rings. The van der Waals surface area contributed by atoms with Crippen molar-refractivity contribution >= 4 is 5.97 Å². The van der Waals surface area contributed by atoms with Gasteiger partial charge in [0.1, 0.15) is 0 Å². The SMILES string of the molecule is CC1CCN(CC2(C(=O)O)CCCC(C)C2)C1. The summed E-state index contributed by atoms with van der Waals surface area (Å²) in [6, 6.07) is 0. The first-order valence-corrected chi connectivity index (χ1v) is 6.97. The molecule has 2 fully saturated rings. The molecule has 1 saturated carbocycles. The highest BCUT2D eigenvalue weighted by Crippen LogP contribution is 2.41. The second kappa shape index (κ2) is 4.97. The summed E-state index contributed by atoms with van der Waals surface area (Å²) in [6.45, 7) is 7.41. The predicted molar refractivity (Wildman–Crippen MR) is 67.9 cm³/mol. The lowest BCUT2D eigenvalue weighted by atomic mass is 9.69. The van der Waals surface area contributed by atoms with Gasteiger partial charge in [0.2, 0.25) is 0 Å². The second-order valence-corrected chi connectivity index (χ2v) is 6.42. The van der Waals surface area contributed by atoms with Crippen LogP contribution < -0.4 is 0 Å². The minimum atomic E-state index is -0.566. The van der Waals surface area contributed by atoms with Crippen molar-refractivity contribution in [2.45, 2.75) is 46.0 Å². The van der Waals surface area contributed by atoms with Gasteiger partial charge in [-0.25, -0.2) is 0 Å². The fraction of sp³-hybridized carbons (Fsp3) is 0.929. The maximum atomic E-state index is 11.7. The van der Waals surface area contributed by atoms with Crippen LogP contribution in [0.5, 0.6) is 0 Å². The first kappa shape index (κ1) is 12.9. The number of carboxylic acid groups (broad SMARTS) is 1. The zero-order valence-electron chi connectivity index (χ0n) is 11.1. The molecule has 3 unspecified atom stereocenters. The number of hydrogen-bond acceptors (Lipinski definition) is 2. The van der Waals surface area contributed by atoms with Crippen LogP contribution in [0.25, 0.3) is 0 Å². The van der Waals surface area contributed by atoms with Crippen molar-refractivity contribution in [1.82, 2.24) is 4.90 Å². The smallest absolute Gasteiger partial charge is 0.310 e. The maximum Gasteiger partial charge on any atom is 0.310 e. The quantitative estimate of drug-likeness (QED) is 0.823. The molecule has 1 saturated heterocycles.